The second-order valence-corrected chi connectivity index (χ2v) is 4.97. The number of benzene rings is 1. The third kappa shape index (κ3) is 1.53. The van der Waals surface area contributed by atoms with Crippen LogP contribution in [0.2, 0.25) is 0 Å². The summed E-state index contributed by atoms with van der Waals surface area (Å²) in [6.45, 7) is 1.99. The molecule has 1 aromatic rings. The van der Waals surface area contributed by atoms with Gasteiger partial charge in [-0.25, -0.2) is 4.39 Å². The van der Waals surface area contributed by atoms with Crippen LogP contribution in [0.4, 0.5) is 10.1 Å². The molecule has 3 rings (SSSR count). The number of nitrogens with one attached hydrogen (secondary N) is 1. The average molecular weight is 217 g/mol. The van der Waals surface area contributed by atoms with Gasteiger partial charge in [-0.15, -0.1) is 0 Å². The van der Waals surface area contributed by atoms with E-state index in [-0.39, 0.29) is 5.82 Å². The van der Waals surface area contributed by atoms with Gasteiger partial charge in [-0.1, -0.05) is 18.2 Å². The summed E-state index contributed by atoms with van der Waals surface area (Å²) in [4.78, 5) is 0. The fourth-order valence-electron chi connectivity index (χ4n) is 2.83. The van der Waals surface area contributed by atoms with E-state index in [1.54, 1.807) is 6.07 Å². The van der Waals surface area contributed by atoms with Crippen LogP contribution < -0.4 is 5.32 Å². The highest BCUT2D eigenvalue weighted by Gasteiger charge is 2.41. The predicted octanol–water partition coefficient (Wildman–Crippen LogP) is 3.51. The van der Waals surface area contributed by atoms with Crippen LogP contribution in [0.15, 0.2) is 30.4 Å². The molecule has 0 saturated heterocycles. The van der Waals surface area contributed by atoms with E-state index < -0.39 is 0 Å². The minimum absolute atomic E-state index is 0.143. The molecule has 1 N–H and O–H groups in total. The minimum Gasteiger partial charge on any atom is -0.379 e. The molecule has 0 radical (unpaired) electrons. The fraction of sp³-hybridized carbons (Fsp3) is 0.429. The van der Waals surface area contributed by atoms with Gasteiger partial charge in [0.25, 0.3) is 0 Å². The van der Waals surface area contributed by atoms with Crippen LogP contribution in [-0.4, -0.2) is 6.04 Å². The second-order valence-electron chi connectivity index (χ2n) is 4.97. The minimum atomic E-state index is -0.143. The van der Waals surface area contributed by atoms with E-state index in [0.717, 1.165) is 11.5 Å². The molecule has 0 aliphatic heterocycles. The van der Waals surface area contributed by atoms with Gasteiger partial charge >= 0.3 is 0 Å². The third-order valence-corrected chi connectivity index (χ3v) is 3.83. The third-order valence-electron chi connectivity index (χ3n) is 3.83. The maximum absolute atomic E-state index is 13.6. The van der Waals surface area contributed by atoms with Crippen molar-refractivity contribution in [3.63, 3.8) is 0 Å². The Morgan fingerprint density at radius 1 is 1.38 bits per heavy atom. The number of anilines is 1. The molecule has 1 aromatic carbocycles. The van der Waals surface area contributed by atoms with Crippen molar-refractivity contribution in [3.05, 3.63) is 41.7 Å². The predicted molar refractivity (Wildman–Crippen MR) is 63.9 cm³/mol. The zero-order valence-corrected chi connectivity index (χ0v) is 9.41. The number of hydrogen-bond acceptors (Lipinski definition) is 1. The normalized spacial score (nSPS) is 31.0. The number of fused-ring (bicyclic) bond motifs is 1. The molecule has 2 heteroatoms. The zero-order chi connectivity index (χ0) is 11.1. The molecule has 1 saturated carbocycles. The molecule has 0 bridgehead atoms. The Kier molecular flexibility index (Phi) is 2.23. The molecule has 84 valence electrons. The molecule has 3 unspecified atom stereocenters. The molecule has 0 heterocycles. The molecule has 0 aromatic heterocycles. The van der Waals surface area contributed by atoms with Crippen molar-refractivity contribution in [1.29, 1.82) is 0 Å². The van der Waals surface area contributed by atoms with Crippen LogP contribution in [0.1, 0.15) is 18.4 Å². The first kappa shape index (κ1) is 9.88. The number of aryl methyl sites for hydroxylation is 1. The standard InChI is InChI=1S/C14H16FN/c1-9-5-6-12(15)14(7-9)16-13-8-10-3-2-4-11(10)13/h2,4-7,10-11,13,16H,3,8H2,1H3. The zero-order valence-electron chi connectivity index (χ0n) is 9.41. The van der Waals surface area contributed by atoms with E-state index >= 15 is 0 Å². The van der Waals surface area contributed by atoms with E-state index in [1.807, 2.05) is 13.0 Å². The Labute approximate surface area is 95.4 Å². The van der Waals surface area contributed by atoms with Crippen molar-refractivity contribution < 1.29 is 4.39 Å². The number of allylic oxidation sites excluding steroid dienone is 1. The largest absolute Gasteiger partial charge is 0.379 e. The first-order valence-electron chi connectivity index (χ1n) is 5.93. The van der Waals surface area contributed by atoms with Crippen LogP contribution in [0.25, 0.3) is 0 Å². The summed E-state index contributed by atoms with van der Waals surface area (Å²) in [6, 6.07) is 5.67. The smallest absolute Gasteiger partial charge is 0.146 e. The van der Waals surface area contributed by atoms with Gasteiger partial charge < -0.3 is 5.32 Å². The molecule has 16 heavy (non-hydrogen) atoms. The fourth-order valence-corrected chi connectivity index (χ4v) is 2.83. The van der Waals surface area contributed by atoms with Gasteiger partial charge in [-0.3, -0.25) is 0 Å². The lowest BCUT2D eigenvalue weighted by Crippen LogP contribution is -2.43. The lowest BCUT2D eigenvalue weighted by Gasteiger charge is -2.41. The quantitative estimate of drug-likeness (QED) is 0.747. The Balaban J connectivity index is 1.75. The first-order chi connectivity index (χ1) is 7.74. The summed E-state index contributed by atoms with van der Waals surface area (Å²) in [5.74, 6) is 1.29. The van der Waals surface area contributed by atoms with Crippen LogP contribution in [0.3, 0.4) is 0 Å². The molecular formula is C14H16FN. The summed E-state index contributed by atoms with van der Waals surface area (Å²) in [5, 5.41) is 3.33. The molecule has 1 nitrogen and oxygen atoms in total. The summed E-state index contributed by atoms with van der Waals surface area (Å²) in [7, 11) is 0. The highest BCUT2D eigenvalue weighted by Crippen LogP contribution is 2.44. The SMILES string of the molecule is Cc1ccc(F)c(NC2CC3CC=CC32)c1. The maximum atomic E-state index is 13.6. The molecule has 0 spiro atoms. The van der Waals surface area contributed by atoms with Crippen LogP contribution in [-0.2, 0) is 0 Å². The molecule has 2 aliphatic carbocycles. The average Bonchev–Trinajstić information content (AvgIpc) is 2.61. The number of hydrogen-bond donors (Lipinski definition) is 1. The molecule has 2 aliphatic rings. The van der Waals surface area contributed by atoms with E-state index in [1.165, 1.54) is 18.9 Å². The molecular weight excluding hydrogens is 201 g/mol. The van der Waals surface area contributed by atoms with Gasteiger partial charge in [0.1, 0.15) is 5.82 Å². The van der Waals surface area contributed by atoms with Gasteiger partial charge in [0.05, 0.1) is 5.69 Å². The summed E-state index contributed by atoms with van der Waals surface area (Å²) in [6.07, 6.45) is 6.91. The Bertz CT molecular complexity index is 438. The molecule has 0 amide bonds. The van der Waals surface area contributed by atoms with Gasteiger partial charge in [0.15, 0.2) is 0 Å². The van der Waals surface area contributed by atoms with Crippen LogP contribution in [0.5, 0.6) is 0 Å². The van der Waals surface area contributed by atoms with E-state index in [4.69, 9.17) is 0 Å². The molecule has 3 atom stereocenters. The molecule has 1 fully saturated rings. The topological polar surface area (TPSA) is 12.0 Å². The van der Waals surface area contributed by atoms with Crippen molar-refractivity contribution in [2.24, 2.45) is 11.8 Å². The summed E-state index contributed by atoms with van der Waals surface area (Å²) in [5.41, 5.74) is 1.76. The summed E-state index contributed by atoms with van der Waals surface area (Å²) < 4.78 is 13.6. The summed E-state index contributed by atoms with van der Waals surface area (Å²) >= 11 is 0. The highest BCUT2D eigenvalue weighted by atomic mass is 19.1. The lowest BCUT2D eigenvalue weighted by molar-refractivity contribution is 0.217. The number of rotatable bonds is 2. The van der Waals surface area contributed by atoms with Crippen molar-refractivity contribution >= 4 is 5.69 Å². The van der Waals surface area contributed by atoms with Crippen molar-refractivity contribution in [1.82, 2.24) is 0 Å². The Hall–Kier alpha value is -1.31. The van der Waals surface area contributed by atoms with E-state index in [0.29, 0.717) is 17.6 Å². The van der Waals surface area contributed by atoms with Gasteiger partial charge in [0, 0.05) is 12.0 Å². The van der Waals surface area contributed by atoms with Gasteiger partial charge in [-0.05, 0) is 43.4 Å². The van der Waals surface area contributed by atoms with Gasteiger partial charge in [0.2, 0.25) is 0 Å². The van der Waals surface area contributed by atoms with Gasteiger partial charge in [-0.2, -0.15) is 0 Å². The number of halogens is 1. The monoisotopic (exact) mass is 217 g/mol. The highest BCUT2D eigenvalue weighted by molar-refractivity contribution is 5.49. The van der Waals surface area contributed by atoms with E-state index in [2.05, 4.69) is 17.5 Å². The lowest BCUT2D eigenvalue weighted by atomic mass is 9.71. The van der Waals surface area contributed by atoms with Crippen molar-refractivity contribution in [2.45, 2.75) is 25.8 Å². The van der Waals surface area contributed by atoms with Crippen molar-refractivity contribution in [2.75, 3.05) is 5.32 Å². The maximum Gasteiger partial charge on any atom is 0.146 e. The Morgan fingerprint density at radius 2 is 2.25 bits per heavy atom. The van der Waals surface area contributed by atoms with Crippen LogP contribution in [0, 0.1) is 24.6 Å². The van der Waals surface area contributed by atoms with Crippen LogP contribution >= 0.6 is 0 Å². The van der Waals surface area contributed by atoms with E-state index in [9.17, 15) is 4.39 Å². The second kappa shape index (κ2) is 3.62. The Morgan fingerprint density at radius 3 is 3.06 bits per heavy atom. The van der Waals surface area contributed by atoms with Crippen molar-refractivity contribution in [3.8, 4) is 0 Å². The first-order valence-corrected chi connectivity index (χ1v) is 5.93.